The Bertz CT molecular complexity index is 813. The lowest BCUT2D eigenvalue weighted by atomic mass is 9.90. The van der Waals surface area contributed by atoms with Crippen LogP contribution in [0.4, 0.5) is 4.39 Å². The molecule has 2 aromatic rings. The molecule has 0 fully saturated rings. The minimum atomic E-state index is -0.195. The standard InChI is InChI=1S/C18H19FN2OS/c1-11-8-12(6-7-16(11)19)10-23-18-14-5-3-2-4-13(14)15(9-20)17(22)21-18/h6-9,20H,2-5,10H2,1H3,(H,21,22). The maximum absolute atomic E-state index is 13.3. The van der Waals surface area contributed by atoms with Crippen LogP contribution in [0, 0.1) is 18.2 Å². The second-order valence-electron chi connectivity index (χ2n) is 5.88. The molecule has 3 rings (SSSR count). The van der Waals surface area contributed by atoms with Crippen LogP contribution in [0.2, 0.25) is 0 Å². The van der Waals surface area contributed by atoms with Crippen LogP contribution in [0.1, 0.15) is 40.7 Å². The zero-order valence-corrected chi connectivity index (χ0v) is 13.9. The van der Waals surface area contributed by atoms with Crippen LogP contribution >= 0.6 is 11.8 Å². The van der Waals surface area contributed by atoms with E-state index in [-0.39, 0.29) is 11.4 Å². The van der Waals surface area contributed by atoms with E-state index in [1.165, 1.54) is 17.8 Å². The van der Waals surface area contributed by atoms with E-state index in [0.29, 0.717) is 16.9 Å². The summed E-state index contributed by atoms with van der Waals surface area (Å²) in [5, 5.41) is 8.39. The Labute approximate surface area is 138 Å². The molecule has 1 aliphatic rings. The molecule has 0 saturated heterocycles. The lowest BCUT2D eigenvalue weighted by Gasteiger charge is -2.20. The molecule has 120 valence electrons. The van der Waals surface area contributed by atoms with E-state index in [0.717, 1.165) is 41.8 Å². The quantitative estimate of drug-likeness (QED) is 0.658. The SMILES string of the molecule is Cc1cc(CSc2[nH]c(=O)c(C=N)c3c2CCCC3)ccc1F. The van der Waals surface area contributed by atoms with Crippen LogP contribution < -0.4 is 5.56 Å². The highest BCUT2D eigenvalue weighted by atomic mass is 32.2. The summed E-state index contributed by atoms with van der Waals surface area (Å²) in [7, 11) is 0. The predicted molar refractivity (Wildman–Crippen MR) is 92.3 cm³/mol. The molecule has 0 unspecified atom stereocenters. The van der Waals surface area contributed by atoms with Crippen LogP contribution in [0.25, 0.3) is 0 Å². The Hall–Kier alpha value is -1.88. The molecule has 0 bridgehead atoms. The van der Waals surface area contributed by atoms with Crippen molar-refractivity contribution in [1.29, 1.82) is 5.41 Å². The second-order valence-corrected chi connectivity index (χ2v) is 6.86. The molecule has 0 atom stereocenters. The summed E-state index contributed by atoms with van der Waals surface area (Å²) in [4.78, 5) is 15.1. The Morgan fingerprint density at radius 2 is 2.04 bits per heavy atom. The van der Waals surface area contributed by atoms with Gasteiger partial charge >= 0.3 is 0 Å². The Balaban J connectivity index is 1.91. The highest BCUT2D eigenvalue weighted by molar-refractivity contribution is 7.98. The van der Waals surface area contributed by atoms with Gasteiger partial charge in [-0.1, -0.05) is 12.1 Å². The van der Waals surface area contributed by atoms with E-state index in [1.54, 1.807) is 24.8 Å². The summed E-state index contributed by atoms with van der Waals surface area (Å²) < 4.78 is 13.3. The van der Waals surface area contributed by atoms with Gasteiger partial charge in [0.25, 0.3) is 5.56 Å². The third kappa shape index (κ3) is 3.24. The molecule has 0 saturated carbocycles. The zero-order chi connectivity index (χ0) is 16.4. The summed E-state index contributed by atoms with van der Waals surface area (Å²) in [6.45, 7) is 1.76. The Morgan fingerprint density at radius 3 is 2.74 bits per heavy atom. The van der Waals surface area contributed by atoms with Gasteiger partial charge in [-0.25, -0.2) is 4.39 Å². The summed E-state index contributed by atoms with van der Waals surface area (Å²) in [5.74, 6) is 0.493. The smallest absolute Gasteiger partial charge is 0.257 e. The number of hydrogen-bond acceptors (Lipinski definition) is 3. The van der Waals surface area contributed by atoms with Gasteiger partial charge in [0.15, 0.2) is 0 Å². The number of nitrogens with one attached hydrogen (secondary N) is 2. The molecule has 23 heavy (non-hydrogen) atoms. The van der Waals surface area contributed by atoms with Crippen molar-refractivity contribution in [1.82, 2.24) is 4.98 Å². The van der Waals surface area contributed by atoms with Gasteiger partial charge in [-0.2, -0.15) is 0 Å². The third-order valence-electron chi connectivity index (χ3n) is 4.29. The topological polar surface area (TPSA) is 56.7 Å². The monoisotopic (exact) mass is 330 g/mol. The van der Waals surface area contributed by atoms with Crippen LogP contribution in [0.5, 0.6) is 0 Å². The number of benzene rings is 1. The van der Waals surface area contributed by atoms with Crippen LogP contribution in [0.15, 0.2) is 28.0 Å². The van der Waals surface area contributed by atoms with E-state index in [2.05, 4.69) is 4.98 Å². The average Bonchev–Trinajstić information content (AvgIpc) is 2.56. The number of rotatable bonds is 4. The number of pyridine rings is 1. The number of hydrogen-bond donors (Lipinski definition) is 2. The molecule has 0 spiro atoms. The molecule has 1 heterocycles. The van der Waals surface area contributed by atoms with Gasteiger partial charge in [-0.3, -0.25) is 4.79 Å². The minimum Gasteiger partial charge on any atom is -0.316 e. The van der Waals surface area contributed by atoms with Gasteiger partial charge in [-0.15, -0.1) is 11.8 Å². The first-order valence-corrected chi connectivity index (χ1v) is 8.75. The van der Waals surface area contributed by atoms with Crippen molar-refractivity contribution in [3.63, 3.8) is 0 Å². The molecule has 1 aliphatic carbocycles. The maximum Gasteiger partial charge on any atom is 0.257 e. The molecule has 0 aliphatic heterocycles. The van der Waals surface area contributed by atoms with Crippen molar-refractivity contribution in [3.8, 4) is 0 Å². The fourth-order valence-electron chi connectivity index (χ4n) is 3.06. The first kappa shape index (κ1) is 16.0. The number of halogens is 1. The lowest BCUT2D eigenvalue weighted by molar-refractivity contribution is 0.618. The second kappa shape index (κ2) is 6.71. The molecule has 1 aromatic heterocycles. The summed E-state index contributed by atoms with van der Waals surface area (Å²) in [6, 6.07) is 5.12. The highest BCUT2D eigenvalue weighted by Gasteiger charge is 2.19. The molecule has 0 amide bonds. The fraction of sp³-hybridized carbons (Fsp3) is 0.333. The van der Waals surface area contributed by atoms with E-state index in [9.17, 15) is 9.18 Å². The first-order valence-electron chi connectivity index (χ1n) is 7.76. The maximum atomic E-state index is 13.3. The number of thioether (sulfide) groups is 1. The van der Waals surface area contributed by atoms with Crippen molar-refractivity contribution in [2.75, 3.05) is 0 Å². The first-order chi connectivity index (χ1) is 11.1. The van der Waals surface area contributed by atoms with Gasteiger partial charge < -0.3 is 10.4 Å². The Kier molecular flexibility index (Phi) is 4.66. The van der Waals surface area contributed by atoms with Crippen molar-refractivity contribution in [2.45, 2.75) is 43.4 Å². The zero-order valence-electron chi connectivity index (χ0n) is 13.0. The number of aromatic nitrogens is 1. The molecular weight excluding hydrogens is 311 g/mol. The van der Waals surface area contributed by atoms with Crippen LogP contribution in [-0.4, -0.2) is 11.2 Å². The fourth-order valence-corrected chi connectivity index (χ4v) is 4.12. The molecule has 3 nitrogen and oxygen atoms in total. The number of H-pyrrole nitrogens is 1. The lowest BCUT2D eigenvalue weighted by Crippen LogP contribution is -2.21. The number of aryl methyl sites for hydroxylation is 1. The van der Waals surface area contributed by atoms with Crippen molar-refractivity contribution >= 4 is 18.0 Å². The normalized spacial score (nSPS) is 13.7. The van der Waals surface area contributed by atoms with Gasteiger partial charge in [0.05, 0.1) is 10.6 Å². The molecule has 5 heteroatoms. The van der Waals surface area contributed by atoms with Crippen LogP contribution in [-0.2, 0) is 18.6 Å². The summed E-state index contributed by atoms with van der Waals surface area (Å²) in [6.07, 6.45) is 5.16. The van der Waals surface area contributed by atoms with Gasteiger partial charge in [-0.05, 0) is 60.9 Å². The molecule has 0 radical (unpaired) electrons. The molecule has 2 N–H and O–H groups in total. The van der Waals surface area contributed by atoms with Gasteiger partial charge in [0.1, 0.15) is 5.82 Å². The third-order valence-corrected chi connectivity index (χ3v) is 5.40. The van der Waals surface area contributed by atoms with Gasteiger partial charge in [0.2, 0.25) is 0 Å². The number of fused-ring (bicyclic) bond motifs is 1. The van der Waals surface area contributed by atoms with Crippen molar-refractivity contribution in [3.05, 3.63) is 62.2 Å². The van der Waals surface area contributed by atoms with E-state index < -0.39 is 0 Å². The van der Waals surface area contributed by atoms with E-state index in [4.69, 9.17) is 5.41 Å². The predicted octanol–water partition coefficient (Wildman–Crippen LogP) is 3.99. The minimum absolute atomic E-state index is 0.182. The van der Waals surface area contributed by atoms with E-state index >= 15 is 0 Å². The molecular formula is C18H19FN2OS. The van der Waals surface area contributed by atoms with Crippen molar-refractivity contribution in [2.24, 2.45) is 0 Å². The van der Waals surface area contributed by atoms with Crippen molar-refractivity contribution < 1.29 is 4.39 Å². The Morgan fingerprint density at radius 1 is 1.30 bits per heavy atom. The van der Waals surface area contributed by atoms with Crippen LogP contribution in [0.3, 0.4) is 0 Å². The van der Waals surface area contributed by atoms with E-state index in [1.807, 2.05) is 6.07 Å². The number of aromatic amines is 1. The summed E-state index contributed by atoms with van der Waals surface area (Å²) >= 11 is 1.58. The highest BCUT2D eigenvalue weighted by Crippen LogP contribution is 2.31. The van der Waals surface area contributed by atoms with Gasteiger partial charge in [0, 0.05) is 12.0 Å². The largest absolute Gasteiger partial charge is 0.316 e. The summed E-state index contributed by atoms with van der Waals surface area (Å²) in [5.41, 5.74) is 4.21. The average molecular weight is 330 g/mol. The molecule has 1 aromatic carbocycles.